The van der Waals surface area contributed by atoms with Gasteiger partial charge in [0.15, 0.2) is 17.6 Å². The zero-order chi connectivity index (χ0) is 21.4. The van der Waals surface area contributed by atoms with Crippen molar-refractivity contribution in [2.24, 2.45) is 0 Å². The van der Waals surface area contributed by atoms with Gasteiger partial charge in [-0.2, -0.15) is 0 Å². The molecule has 1 saturated carbocycles. The number of methoxy groups -OCH3 is 1. The van der Waals surface area contributed by atoms with Crippen LogP contribution in [0.1, 0.15) is 56.3 Å². The largest absolute Gasteiger partial charge is 0.493 e. The van der Waals surface area contributed by atoms with Crippen molar-refractivity contribution in [1.29, 1.82) is 0 Å². The van der Waals surface area contributed by atoms with E-state index in [0.717, 1.165) is 32.1 Å². The van der Waals surface area contributed by atoms with E-state index in [9.17, 15) is 14.4 Å². The summed E-state index contributed by atoms with van der Waals surface area (Å²) < 4.78 is 15.9. The molecule has 1 fully saturated rings. The molecule has 0 bridgehead atoms. The summed E-state index contributed by atoms with van der Waals surface area (Å²) in [6.07, 6.45) is 3.52. The van der Waals surface area contributed by atoms with E-state index in [2.05, 4.69) is 10.6 Å². The van der Waals surface area contributed by atoms with Gasteiger partial charge >= 0.3 is 12.0 Å². The molecule has 2 rings (SSSR count). The van der Waals surface area contributed by atoms with E-state index in [0.29, 0.717) is 12.4 Å². The maximum atomic E-state index is 12.4. The molecule has 0 aliphatic heterocycles. The second-order valence-electron chi connectivity index (χ2n) is 6.83. The molecule has 8 nitrogen and oxygen atoms in total. The molecule has 0 saturated heterocycles. The van der Waals surface area contributed by atoms with Crippen molar-refractivity contribution in [3.8, 4) is 11.5 Å². The first-order valence-corrected chi connectivity index (χ1v) is 10.1. The molecule has 0 unspecified atom stereocenters. The predicted molar refractivity (Wildman–Crippen MR) is 108 cm³/mol. The van der Waals surface area contributed by atoms with E-state index in [1.165, 1.54) is 26.2 Å². The molecule has 1 aliphatic rings. The number of nitrogens with one attached hydrogen (secondary N) is 2. The number of hydrogen-bond donors (Lipinski definition) is 2. The lowest BCUT2D eigenvalue weighted by atomic mass is 10.2. The zero-order valence-electron chi connectivity index (χ0n) is 16.9. The van der Waals surface area contributed by atoms with E-state index in [4.69, 9.17) is 25.8 Å². The van der Waals surface area contributed by atoms with Crippen LogP contribution in [0.5, 0.6) is 11.5 Å². The van der Waals surface area contributed by atoms with Gasteiger partial charge in [-0.25, -0.2) is 9.59 Å². The third-order valence-corrected chi connectivity index (χ3v) is 4.78. The van der Waals surface area contributed by atoms with Crippen molar-refractivity contribution in [3.05, 3.63) is 22.7 Å². The van der Waals surface area contributed by atoms with Gasteiger partial charge in [0, 0.05) is 6.04 Å². The van der Waals surface area contributed by atoms with Gasteiger partial charge in [-0.05, 0) is 38.3 Å². The minimum atomic E-state index is -1.17. The van der Waals surface area contributed by atoms with E-state index >= 15 is 0 Å². The monoisotopic (exact) mass is 426 g/mol. The molecule has 29 heavy (non-hydrogen) atoms. The Kier molecular flexibility index (Phi) is 8.57. The summed E-state index contributed by atoms with van der Waals surface area (Å²) in [7, 11) is 1.43. The highest BCUT2D eigenvalue weighted by Crippen LogP contribution is 2.36. The molecule has 0 aromatic heterocycles. The van der Waals surface area contributed by atoms with E-state index < -0.39 is 24.0 Å². The summed E-state index contributed by atoms with van der Waals surface area (Å²) >= 11 is 6.20. The molecule has 1 atom stereocenters. The number of hydrogen-bond acceptors (Lipinski definition) is 6. The lowest BCUT2D eigenvalue weighted by Crippen LogP contribution is -2.47. The van der Waals surface area contributed by atoms with Crippen LogP contribution in [0.25, 0.3) is 0 Å². The molecule has 0 radical (unpaired) electrons. The number of esters is 1. The summed E-state index contributed by atoms with van der Waals surface area (Å²) in [6.45, 7) is 3.78. The second-order valence-corrected chi connectivity index (χ2v) is 7.24. The fourth-order valence-corrected chi connectivity index (χ4v) is 3.23. The van der Waals surface area contributed by atoms with Gasteiger partial charge in [0.25, 0.3) is 5.91 Å². The fourth-order valence-electron chi connectivity index (χ4n) is 2.97. The Morgan fingerprint density at radius 2 is 1.93 bits per heavy atom. The van der Waals surface area contributed by atoms with Crippen LogP contribution in [0.15, 0.2) is 12.1 Å². The van der Waals surface area contributed by atoms with Crippen LogP contribution in [0.4, 0.5) is 4.79 Å². The van der Waals surface area contributed by atoms with Crippen LogP contribution in [0.2, 0.25) is 5.02 Å². The fraction of sp³-hybridized carbons (Fsp3) is 0.550. The van der Waals surface area contributed by atoms with Crippen LogP contribution in [-0.4, -0.2) is 43.8 Å². The summed E-state index contributed by atoms with van der Waals surface area (Å²) in [6, 6.07) is 2.29. The molecule has 0 spiro atoms. The molecule has 1 aromatic rings. The van der Waals surface area contributed by atoms with Crippen LogP contribution >= 0.6 is 11.6 Å². The van der Waals surface area contributed by atoms with Gasteiger partial charge in [-0.15, -0.1) is 0 Å². The second kappa shape index (κ2) is 10.9. The van der Waals surface area contributed by atoms with Crippen molar-refractivity contribution in [2.75, 3.05) is 13.7 Å². The van der Waals surface area contributed by atoms with Gasteiger partial charge in [-0.1, -0.05) is 31.4 Å². The lowest BCUT2D eigenvalue weighted by Gasteiger charge is -2.16. The minimum Gasteiger partial charge on any atom is -0.493 e. The third kappa shape index (κ3) is 6.52. The Hall–Kier alpha value is -2.48. The van der Waals surface area contributed by atoms with Crippen LogP contribution in [0.3, 0.4) is 0 Å². The number of benzene rings is 1. The van der Waals surface area contributed by atoms with Crippen molar-refractivity contribution >= 4 is 29.5 Å². The highest BCUT2D eigenvalue weighted by Gasteiger charge is 2.24. The van der Waals surface area contributed by atoms with Gasteiger partial charge in [0.2, 0.25) is 0 Å². The number of carbonyl (C=O) groups excluding carboxylic acids is 3. The molecule has 0 heterocycles. The van der Waals surface area contributed by atoms with Gasteiger partial charge in [-0.3, -0.25) is 10.1 Å². The van der Waals surface area contributed by atoms with Crippen molar-refractivity contribution in [3.63, 3.8) is 0 Å². The van der Waals surface area contributed by atoms with Gasteiger partial charge in [0.05, 0.1) is 24.3 Å². The Morgan fingerprint density at radius 3 is 2.55 bits per heavy atom. The van der Waals surface area contributed by atoms with E-state index in [1.807, 2.05) is 6.92 Å². The molecule has 9 heteroatoms. The molecule has 160 valence electrons. The summed E-state index contributed by atoms with van der Waals surface area (Å²) in [5, 5.41) is 5.12. The standard InChI is InChI=1S/C20H27ClN2O6/c1-4-9-28-17-15(21)10-13(11-16(17)27-3)19(25)29-12(2)18(24)23-20(26)22-14-7-5-6-8-14/h10-12,14H,4-9H2,1-3H3,(H2,22,23,24,26)/t12-/m1/s1. The number of urea groups is 1. The highest BCUT2D eigenvalue weighted by molar-refractivity contribution is 6.32. The number of carbonyl (C=O) groups is 3. The first-order chi connectivity index (χ1) is 13.8. The minimum absolute atomic E-state index is 0.0729. The van der Waals surface area contributed by atoms with Crippen LogP contribution in [0, 0.1) is 0 Å². The number of amides is 3. The first kappa shape index (κ1) is 22.8. The number of ether oxygens (including phenoxy) is 3. The zero-order valence-corrected chi connectivity index (χ0v) is 17.6. The Balaban J connectivity index is 1.96. The maximum Gasteiger partial charge on any atom is 0.339 e. The van der Waals surface area contributed by atoms with E-state index in [-0.39, 0.29) is 22.4 Å². The average molecular weight is 427 g/mol. The smallest absolute Gasteiger partial charge is 0.339 e. The van der Waals surface area contributed by atoms with Crippen molar-refractivity contribution in [1.82, 2.24) is 10.6 Å². The average Bonchev–Trinajstić information content (AvgIpc) is 3.18. The number of imide groups is 1. The van der Waals surface area contributed by atoms with Crippen LogP contribution < -0.4 is 20.1 Å². The molecular weight excluding hydrogens is 400 g/mol. The molecule has 3 amide bonds. The number of rotatable bonds is 8. The molecule has 1 aliphatic carbocycles. The molecule has 1 aromatic carbocycles. The topological polar surface area (TPSA) is 103 Å². The quantitative estimate of drug-likeness (QED) is 0.617. The van der Waals surface area contributed by atoms with Crippen molar-refractivity contribution in [2.45, 2.75) is 58.1 Å². The molecule has 2 N–H and O–H groups in total. The summed E-state index contributed by atoms with van der Waals surface area (Å²) in [5.41, 5.74) is 0.103. The number of halogens is 1. The van der Waals surface area contributed by atoms with Crippen LogP contribution in [-0.2, 0) is 9.53 Å². The highest BCUT2D eigenvalue weighted by atomic mass is 35.5. The SMILES string of the molecule is CCCOc1c(Cl)cc(C(=O)O[C@H](C)C(=O)NC(=O)NC2CCCC2)cc1OC. The first-order valence-electron chi connectivity index (χ1n) is 9.68. The Bertz CT molecular complexity index is 749. The third-order valence-electron chi connectivity index (χ3n) is 4.50. The summed E-state index contributed by atoms with van der Waals surface area (Å²) in [4.78, 5) is 36.4. The van der Waals surface area contributed by atoms with Gasteiger partial charge < -0.3 is 19.5 Å². The Morgan fingerprint density at radius 1 is 1.24 bits per heavy atom. The van der Waals surface area contributed by atoms with E-state index in [1.54, 1.807) is 0 Å². The lowest BCUT2D eigenvalue weighted by molar-refractivity contribution is -0.127. The maximum absolute atomic E-state index is 12.4. The predicted octanol–water partition coefficient (Wildman–Crippen LogP) is 3.45. The van der Waals surface area contributed by atoms with Crippen molar-refractivity contribution < 1.29 is 28.6 Å². The molecular formula is C20H27ClN2O6. The normalized spacial score (nSPS) is 14.8. The van der Waals surface area contributed by atoms with Gasteiger partial charge in [0.1, 0.15) is 0 Å². The summed E-state index contributed by atoms with van der Waals surface area (Å²) in [5.74, 6) is -0.867. The Labute approximate surface area is 175 Å².